The molecule has 8 nitrogen and oxygen atoms in total. The average molecular weight is 482 g/mol. The first-order chi connectivity index (χ1) is 16.6. The molecule has 1 aromatic carbocycles. The molecule has 180 valence electrons. The molecule has 1 aliphatic heterocycles. The van der Waals surface area contributed by atoms with E-state index in [2.05, 4.69) is 10.1 Å². The van der Waals surface area contributed by atoms with E-state index < -0.39 is 0 Å². The number of hydrogen-bond acceptors (Lipinski definition) is 7. The second kappa shape index (κ2) is 11.5. The first kappa shape index (κ1) is 24.2. The van der Waals surface area contributed by atoms with Crippen molar-refractivity contribution in [3.8, 4) is 16.9 Å². The summed E-state index contributed by atoms with van der Waals surface area (Å²) in [6.45, 7) is 4.21. The van der Waals surface area contributed by atoms with Crippen LogP contribution in [0.25, 0.3) is 11.1 Å². The van der Waals surface area contributed by atoms with E-state index in [-0.39, 0.29) is 18.4 Å². The number of hydrogen-bond donors (Lipinski definition) is 0. The third-order valence-electron chi connectivity index (χ3n) is 5.93. The summed E-state index contributed by atoms with van der Waals surface area (Å²) in [5, 5.41) is 5.09. The number of methoxy groups -OCH3 is 2. The molecule has 0 radical (unpaired) electrons. The molecule has 9 heteroatoms. The number of aromatic nitrogens is 4. The summed E-state index contributed by atoms with van der Waals surface area (Å²) in [7, 11) is 3.36. The van der Waals surface area contributed by atoms with Gasteiger partial charge in [-0.2, -0.15) is 5.10 Å². The topological polar surface area (TPSA) is 82.4 Å². The fourth-order valence-corrected chi connectivity index (χ4v) is 4.93. The molecule has 34 heavy (non-hydrogen) atoms. The Bertz CT molecular complexity index is 1120. The Balaban J connectivity index is 1.60. The maximum absolute atomic E-state index is 13.0. The summed E-state index contributed by atoms with van der Waals surface area (Å²) in [6, 6.07) is 9.87. The number of amides is 1. The van der Waals surface area contributed by atoms with Crippen LogP contribution in [-0.4, -0.2) is 70.2 Å². The Morgan fingerprint density at radius 3 is 2.91 bits per heavy atom. The third-order valence-corrected chi connectivity index (χ3v) is 6.75. The van der Waals surface area contributed by atoms with Crippen molar-refractivity contribution in [3.05, 3.63) is 54.1 Å². The summed E-state index contributed by atoms with van der Waals surface area (Å²) < 4.78 is 12.3. The normalized spacial score (nSPS) is 16.0. The van der Waals surface area contributed by atoms with Crippen LogP contribution in [0.15, 0.2) is 47.9 Å². The van der Waals surface area contributed by atoms with Gasteiger partial charge in [0.2, 0.25) is 5.91 Å². The Kier molecular flexibility index (Phi) is 8.18. The van der Waals surface area contributed by atoms with E-state index in [1.807, 2.05) is 54.5 Å². The van der Waals surface area contributed by atoms with Crippen LogP contribution in [0, 0.1) is 6.92 Å². The lowest BCUT2D eigenvalue weighted by atomic mass is 9.90. The van der Waals surface area contributed by atoms with Crippen molar-refractivity contribution in [3.63, 3.8) is 0 Å². The van der Waals surface area contributed by atoms with Gasteiger partial charge in [-0.05, 0) is 43.5 Å². The van der Waals surface area contributed by atoms with Crippen molar-refractivity contribution < 1.29 is 14.3 Å². The van der Waals surface area contributed by atoms with Crippen LogP contribution in [-0.2, 0) is 16.1 Å². The molecule has 0 spiro atoms. The molecule has 1 amide bonds. The molecule has 2 aromatic heterocycles. The molecule has 0 saturated carbocycles. The molecular weight excluding hydrogens is 450 g/mol. The Morgan fingerprint density at radius 2 is 2.15 bits per heavy atom. The number of piperidine rings is 1. The molecule has 1 unspecified atom stereocenters. The van der Waals surface area contributed by atoms with Gasteiger partial charge in [-0.25, -0.2) is 9.97 Å². The van der Waals surface area contributed by atoms with Crippen molar-refractivity contribution in [1.29, 1.82) is 0 Å². The van der Waals surface area contributed by atoms with Crippen LogP contribution < -0.4 is 4.74 Å². The van der Waals surface area contributed by atoms with Crippen LogP contribution in [0.1, 0.15) is 30.1 Å². The van der Waals surface area contributed by atoms with Gasteiger partial charge in [-0.15, -0.1) is 0 Å². The van der Waals surface area contributed by atoms with Gasteiger partial charge < -0.3 is 14.4 Å². The number of ether oxygens (including phenoxy) is 2. The Hall–Kier alpha value is -2.91. The van der Waals surface area contributed by atoms with Gasteiger partial charge in [0.15, 0.2) is 5.16 Å². The van der Waals surface area contributed by atoms with Gasteiger partial charge in [0, 0.05) is 49.8 Å². The fraction of sp³-hybridized carbons (Fsp3) is 0.440. The standard InChI is InChI=1S/C25H31N5O3S/c1-18-9-11-30(28-18)17-23(31)29-10-5-7-20(16-29)24-22(19-6-4-8-21(14-19)33-3)15-26-25(27-24)34-13-12-32-2/h4,6,8-9,11,14-15,20H,5,7,10,12-13,16-17H2,1-3H3. The van der Waals surface area contributed by atoms with E-state index in [9.17, 15) is 4.79 Å². The smallest absolute Gasteiger partial charge is 0.244 e. The molecule has 0 N–H and O–H groups in total. The van der Waals surface area contributed by atoms with Crippen molar-refractivity contribution in [1.82, 2.24) is 24.6 Å². The highest BCUT2D eigenvalue weighted by Crippen LogP contribution is 2.35. The lowest BCUT2D eigenvalue weighted by Crippen LogP contribution is -2.41. The zero-order chi connectivity index (χ0) is 23.9. The first-order valence-corrected chi connectivity index (χ1v) is 12.5. The molecule has 0 bridgehead atoms. The van der Waals surface area contributed by atoms with Crippen molar-refractivity contribution in [2.45, 2.75) is 37.4 Å². The largest absolute Gasteiger partial charge is 0.497 e. The first-order valence-electron chi connectivity index (χ1n) is 11.5. The van der Waals surface area contributed by atoms with Crippen LogP contribution in [0.4, 0.5) is 0 Å². The van der Waals surface area contributed by atoms with Gasteiger partial charge in [0.1, 0.15) is 12.3 Å². The maximum atomic E-state index is 13.0. The Labute approximate surface area is 204 Å². The van der Waals surface area contributed by atoms with Crippen molar-refractivity contribution in [2.75, 3.05) is 39.7 Å². The van der Waals surface area contributed by atoms with Crippen LogP contribution >= 0.6 is 11.8 Å². The minimum Gasteiger partial charge on any atom is -0.497 e. The second-order valence-electron chi connectivity index (χ2n) is 8.36. The number of thioether (sulfide) groups is 1. The number of likely N-dealkylation sites (tertiary alicyclic amines) is 1. The fourth-order valence-electron chi connectivity index (χ4n) is 4.20. The van der Waals surface area contributed by atoms with E-state index in [0.717, 1.165) is 58.6 Å². The van der Waals surface area contributed by atoms with E-state index >= 15 is 0 Å². The lowest BCUT2D eigenvalue weighted by Gasteiger charge is -2.33. The molecule has 3 heterocycles. The minimum atomic E-state index is 0.0829. The monoisotopic (exact) mass is 481 g/mol. The number of benzene rings is 1. The molecule has 3 aromatic rings. The van der Waals surface area contributed by atoms with Gasteiger partial charge in [0.25, 0.3) is 0 Å². The van der Waals surface area contributed by atoms with E-state index in [1.54, 1.807) is 30.7 Å². The number of carbonyl (C=O) groups is 1. The van der Waals surface area contributed by atoms with E-state index in [0.29, 0.717) is 13.2 Å². The lowest BCUT2D eigenvalue weighted by molar-refractivity contribution is -0.133. The van der Waals surface area contributed by atoms with Crippen LogP contribution in [0.3, 0.4) is 0 Å². The highest BCUT2D eigenvalue weighted by molar-refractivity contribution is 7.99. The number of aryl methyl sites for hydroxylation is 1. The molecule has 0 aliphatic carbocycles. The predicted molar refractivity (Wildman–Crippen MR) is 132 cm³/mol. The summed E-state index contributed by atoms with van der Waals surface area (Å²) >= 11 is 1.58. The Morgan fingerprint density at radius 1 is 1.26 bits per heavy atom. The van der Waals surface area contributed by atoms with Gasteiger partial charge >= 0.3 is 0 Å². The molecule has 1 atom stereocenters. The highest BCUT2D eigenvalue weighted by atomic mass is 32.2. The quantitative estimate of drug-likeness (QED) is 0.261. The van der Waals surface area contributed by atoms with E-state index in [4.69, 9.17) is 14.5 Å². The molecule has 4 rings (SSSR count). The highest BCUT2D eigenvalue weighted by Gasteiger charge is 2.28. The summed E-state index contributed by atoms with van der Waals surface area (Å²) in [4.78, 5) is 24.6. The van der Waals surface area contributed by atoms with Gasteiger partial charge in [-0.1, -0.05) is 23.9 Å². The zero-order valence-electron chi connectivity index (χ0n) is 19.9. The molecule has 1 fully saturated rings. The number of nitrogens with zero attached hydrogens (tertiary/aromatic N) is 5. The van der Waals surface area contributed by atoms with Crippen LogP contribution in [0.2, 0.25) is 0 Å². The SMILES string of the molecule is COCCSc1ncc(-c2cccc(OC)c2)c(C2CCCN(C(=O)Cn3ccc(C)n3)C2)n1. The summed E-state index contributed by atoms with van der Waals surface area (Å²) in [5.41, 5.74) is 3.89. The van der Waals surface area contributed by atoms with Gasteiger partial charge in [-0.3, -0.25) is 9.48 Å². The summed E-state index contributed by atoms with van der Waals surface area (Å²) in [6.07, 6.45) is 5.66. The van der Waals surface area contributed by atoms with E-state index in [1.165, 1.54) is 0 Å². The van der Waals surface area contributed by atoms with Crippen molar-refractivity contribution >= 4 is 17.7 Å². The van der Waals surface area contributed by atoms with Crippen molar-refractivity contribution in [2.24, 2.45) is 0 Å². The average Bonchev–Trinajstić information content (AvgIpc) is 3.28. The maximum Gasteiger partial charge on any atom is 0.244 e. The van der Waals surface area contributed by atoms with Crippen LogP contribution in [0.5, 0.6) is 5.75 Å². The van der Waals surface area contributed by atoms with Gasteiger partial charge in [0.05, 0.1) is 25.1 Å². The predicted octanol–water partition coefficient (Wildman–Crippen LogP) is 3.80. The summed E-state index contributed by atoms with van der Waals surface area (Å²) in [5.74, 6) is 1.78. The number of carbonyl (C=O) groups excluding carboxylic acids is 1. The second-order valence-corrected chi connectivity index (χ2v) is 9.42. The number of rotatable bonds is 9. The zero-order valence-corrected chi connectivity index (χ0v) is 20.8. The molecular formula is C25H31N5O3S. The minimum absolute atomic E-state index is 0.0829. The third kappa shape index (κ3) is 5.95. The molecule has 1 aliphatic rings. The molecule has 1 saturated heterocycles.